The van der Waals surface area contributed by atoms with E-state index in [1.54, 1.807) is 38.1 Å². The minimum Gasteiger partial charge on any atom is -0.481 e. The first-order valence-electron chi connectivity index (χ1n) is 11.3. The number of rotatable bonds is 7. The van der Waals surface area contributed by atoms with Crippen molar-refractivity contribution in [2.75, 3.05) is 33.3 Å². The molecule has 0 bridgehead atoms. The van der Waals surface area contributed by atoms with Crippen molar-refractivity contribution in [3.8, 4) is 5.88 Å². The summed E-state index contributed by atoms with van der Waals surface area (Å²) in [5.74, 6) is 0.644. The molecule has 1 aliphatic rings. The van der Waals surface area contributed by atoms with Gasteiger partial charge in [-0.2, -0.15) is 0 Å². The van der Waals surface area contributed by atoms with Gasteiger partial charge in [0.05, 0.1) is 17.6 Å². The van der Waals surface area contributed by atoms with E-state index in [1.165, 1.54) is 17.4 Å². The standard InChI is InChI=1S/C25H28N4O5S/c1-16-12-22(30)34-17(2)23(16)25(32)29-10-8-28(9-11-29)15-19-4-5-20(35-19)24(31)27-14-18-6-7-26-21(13-18)33-3/h4-7,12-13H,8-11,14-15H2,1-3H3,(H,27,31). The van der Waals surface area contributed by atoms with Crippen molar-refractivity contribution in [1.29, 1.82) is 0 Å². The molecule has 0 spiro atoms. The van der Waals surface area contributed by atoms with Crippen molar-refractivity contribution >= 4 is 23.2 Å². The molecular formula is C25H28N4O5S. The summed E-state index contributed by atoms with van der Waals surface area (Å²) >= 11 is 1.47. The smallest absolute Gasteiger partial charge is 0.336 e. The van der Waals surface area contributed by atoms with Gasteiger partial charge in [-0.15, -0.1) is 11.3 Å². The maximum atomic E-state index is 13.0. The zero-order chi connectivity index (χ0) is 24.9. The summed E-state index contributed by atoms with van der Waals surface area (Å²) in [5.41, 5.74) is 1.58. The molecule has 4 heterocycles. The van der Waals surface area contributed by atoms with E-state index in [2.05, 4.69) is 15.2 Å². The fourth-order valence-corrected chi connectivity index (χ4v) is 5.06. The van der Waals surface area contributed by atoms with Crippen LogP contribution in [0, 0.1) is 13.8 Å². The van der Waals surface area contributed by atoms with Crippen molar-refractivity contribution in [2.24, 2.45) is 0 Å². The van der Waals surface area contributed by atoms with Crippen molar-refractivity contribution in [1.82, 2.24) is 20.1 Å². The molecule has 4 rings (SSSR count). The van der Waals surface area contributed by atoms with Gasteiger partial charge in [-0.25, -0.2) is 9.78 Å². The molecule has 1 N–H and O–H groups in total. The number of nitrogens with zero attached hydrogens (tertiary/aromatic N) is 3. The van der Waals surface area contributed by atoms with Crippen LogP contribution in [0.25, 0.3) is 0 Å². The van der Waals surface area contributed by atoms with Gasteiger partial charge in [0.15, 0.2) is 0 Å². The van der Waals surface area contributed by atoms with Crippen molar-refractivity contribution in [2.45, 2.75) is 26.9 Å². The third kappa shape index (κ3) is 5.95. The van der Waals surface area contributed by atoms with Gasteiger partial charge >= 0.3 is 5.63 Å². The van der Waals surface area contributed by atoms with E-state index in [4.69, 9.17) is 9.15 Å². The molecule has 1 fully saturated rings. The van der Waals surface area contributed by atoms with E-state index in [-0.39, 0.29) is 11.8 Å². The number of aromatic nitrogens is 1. The minimum atomic E-state index is -0.442. The van der Waals surface area contributed by atoms with Crippen LogP contribution >= 0.6 is 11.3 Å². The predicted octanol–water partition coefficient (Wildman–Crippen LogP) is 2.61. The minimum absolute atomic E-state index is 0.106. The second kappa shape index (κ2) is 10.8. The Morgan fingerprint density at radius 2 is 1.91 bits per heavy atom. The molecule has 0 atom stereocenters. The van der Waals surface area contributed by atoms with Crippen LogP contribution in [0.2, 0.25) is 0 Å². The molecule has 0 radical (unpaired) electrons. The lowest BCUT2D eigenvalue weighted by atomic mass is 10.1. The van der Waals surface area contributed by atoms with E-state index in [0.29, 0.717) is 47.3 Å². The summed E-state index contributed by atoms with van der Waals surface area (Å²) in [6.45, 7) is 7.15. The number of ether oxygens (including phenoxy) is 1. The third-order valence-corrected chi connectivity index (χ3v) is 7.00. The van der Waals surface area contributed by atoms with E-state index >= 15 is 0 Å². The fourth-order valence-electron chi connectivity index (χ4n) is 4.09. The van der Waals surface area contributed by atoms with Gasteiger partial charge in [-0.1, -0.05) is 0 Å². The number of nitrogens with one attached hydrogen (secondary N) is 1. The van der Waals surface area contributed by atoms with Crippen molar-refractivity contribution in [3.63, 3.8) is 0 Å². The second-order valence-corrected chi connectivity index (χ2v) is 9.57. The third-order valence-electron chi connectivity index (χ3n) is 5.93. The molecule has 0 aromatic carbocycles. The summed E-state index contributed by atoms with van der Waals surface area (Å²) < 4.78 is 10.2. The molecule has 1 aliphatic heterocycles. The van der Waals surface area contributed by atoms with E-state index < -0.39 is 5.63 Å². The van der Waals surface area contributed by atoms with Gasteiger partial charge in [-0.05, 0) is 43.2 Å². The van der Waals surface area contributed by atoms with Crippen molar-refractivity contribution < 1.29 is 18.7 Å². The number of carbonyl (C=O) groups excluding carboxylic acids is 2. The highest BCUT2D eigenvalue weighted by atomic mass is 32.1. The Bertz CT molecular complexity index is 1250. The Morgan fingerprint density at radius 1 is 1.14 bits per heavy atom. The number of thiophene rings is 1. The molecule has 9 nitrogen and oxygen atoms in total. The largest absolute Gasteiger partial charge is 0.481 e. The average molecular weight is 497 g/mol. The first-order chi connectivity index (χ1) is 16.8. The first-order valence-corrected chi connectivity index (χ1v) is 12.1. The van der Waals surface area contributed by atoms with Crippen LogP contribution in [0.3, 0.4) is 0 Å². The predicted molar refractivity (Wildman–Crippen MR) is 132 cm³/mol. The Hall–Kier alpha value is -3.50. The summed E-state index contributed by atoms with van der Waals surface area (Å²) in [7, 11) is 1.56. The molecule has 35 heavy (non-hydrogen) atoms. The van der Waals surface area contributed by atoms with Crippen LogP contribution in [0.15, 0.2) is 45.7 Å². The van der Waals surface area contributed by atoms with Gasteiger partial charge in [0.2, 0.25) is 5.88 Å². The Labute approximate surface area is 207 Å². The van der Waals surface area contributed by atoms with E-state index in [0.717, 1.165) is 30.1 Å². The topological polar surface area (TPSA) is 105 Å². The number of aryl methyl sites for hydroxylation is 2. The lowest BCUT2D eigenvalue weighted by molar-refractivity contribution is 0.0624. The number of hydrogen-bond donors (Lipinski definition) is 1. The van der Waals surface area contributed by atoms with E-state index in [9.17, 15) is 14.4 Å². The molecule has 2 amide bonds. The number of hydrogen-bond acceptors (Lipinski definition) is 8. The fraction of sp³-hybridized carbons (Fsp3) is 0.360. The van der Waals surface area contributed by atoms with E-state index in [1.807, 2.05) is 18.2 Å². The Morgan fingerprint density at radius 3 is 2.63 bits per heavy atom. The highest BCUT2D eigenvalue weighted by Crippen LogP contribution is 2.21. The zero-order valence-electron chi connectivity index (χ0n) is 20.0. The lowest BCUT2D eigenvalue weighted by Gasteiger charge is -2.34. The number of methoxy groups -OCH3 is 1. The van der Waals surface area contributed by atoms with Gasteiger partial charge < -0.3 is 19.4 Å². The summed E-state index contributed by atoms with van der Waals surface area (Å²) in [6, 6.07) is 8.81. The normalized spacial score (nSPS) is 14.1. The highest BCUT2D eigenvalue weighted by Gasteiger charge is 2.26. The molecule has 0 saturated carbocycles. The number of carbonyl (C=O) groups is 2. The molecule has 0 unspecified atom stereocenters. The van der Waals surface area contributed by atoms with Crippen LogP contribution in [-0.2, 0) is 13.1 Å². The Kier molecular flexibility index (Phi) is 7.62. The molecule has 3 aromatic rings. The van der Waals surface area contributed by atoms with Gasteiger partial charge in [-0.3, -0.25) is 14.5 Å². The van der Waals surface area contributed by atoms with Crippen LogP contribution in [-0.4, -0.2) is 59.9 Å². The first kappa shape index (κ1) is 24.6. The molecule has 184 valence electrons. The molecule has 3 aromatic heterocycles. The van der Waals surface area contributed by atoms with Crippen LogP contribution in [0.4, 0.5) is 0 Å². The second-order valence-electron chi connectivity index (χ2n) is 8.40. The Balaban J connectivity index is 1.28. The average Bonchev–Trinajstić information content (AvgIpc) is 3.31. The number of pyridine rings is 1. The van der Waals surface area contributed by atoms with Crippen LogP contribution in [0.5, 0.6) is 5.88 Å². The number of piperazine rings is 1. The molecular weight excluding hydrogens is 468 g/mol. The van der Waals surface area contributed by atoms with Gasteiger partial charge in [0.25, 0.3) is 11.8 Å². The summed E-state index contributed by atoms with van der Waals surface area (Å²) in [6.07, 6.45) is 1.65. The molecule has 10 heteroatoms. The number of amides is 2. The maximum Gasteiger partial charge on any atom is 0.336 e. The summed E-state index contributed by atoms with van der Waals surface area (Å²) in [4.78, 5) is 47.0. The van der Waals surface area contributed by atoms with Gasteiger partial charge in [0.1, 0.15) is 5.76 Å². The van der Waals surface area contributed by atoms with Crippen LogP contribution in [0.1, 0.15) is 41.8 Å². The zero-order valence-corrected chi connectivity index (χ0v) is 20.8. The van der Waals surface area contributed by atoms with Crippen LogP contribution < -0.4 is 15.7 Å². The SMILES string of the molecule is COc1cc(CNC(=O)c2ccc(CN3CCN(C(=O)c4c(C)cc(=O)oc4C)CC3)s2)ccn1. The van der Waals surface area contributed by atoms with Crippen molar-refractivity contribution in [3.05, 3.63) is 79.2 Å². The molecule has 1 saturated heterocycles. The molecule has 0 aliphatic carbocycles. The monoisotopic (exact) mass is 496 g/mol. The van der Waals surface area contributed by atoms with Gasteiger partial charge in [0, 0.05) is 62.5 Å². The quantitative estimate of drug-likeness (QED) is 0.536. The maximum absolute atomic E-state index is 13.0. The lowest BCUT2D eigenvalue weighted by Crippen LogP contribution is -2.48. The summed E-state index contributed by atoms with van der Waals surface area (Å²) in [5, 5.41) is 2.93. The highest BCUT2D eigenvalue weighted by molar-refractivity contribution is 7.14.